The van der Waals surface area contributed by atoms with Crippen molar-refractivity contribution in [1.82, 2.24) is 9.88 Å². The molecule has 1 aromatic carbocycles. The van der Waals surface area contributed by atoms with Crippen molar-refractivity contribution < 1.29 is 18.3 Å². The maximum absolute atomic E-state index is 12.2. The molecule has 0 radical (unpaired) electrons. The van der Waals surface area contributed by atoms with Gasteiger partial charge < -0.3 is 10.0 Å². The Morgan fingerprint density at radius 2 is 2.00 bits per heavy atom. The van der Waals surface area contributed by atoms with E-state index in [0.717, 1.165) is 16.6 Å². The van der Waals surface area contributed by atoms with Crippen molar-refractivity contribution in [3.05, 3.63) is 42.1 Å². The van der Waals surface area contributed by atoms with Crippen molar-refractivity contribution in [2.24, 2.45) is 11.1 Å². The SMILES string of the molecule is NS(=O)(=O)CCCC(=O)N1C[C@@H](Cc2ccc3ccccc3n2)[C@H](O)C1. The lowest BCUT2D eigenvalue weighted by atomic mass is 9.99. The number of likely N-dealkylation sites (tertiary alicyclic amines) is 1. The number of β-amino-alcohol motifs (C(OH)–C–C–N with tert-alkyl or cyclic N) is 1. The lowest BCUT2D eigenvalue weighted by molar-refractivity contribution is -0.130. The zero-order valence-electron chi connectivity index (χ0n) is 14.4. The first-order valence-electron chi connectivity index (χ1n) is 8.63. The quantitative estimate of drug-likeness (QED) is 0.768. The molecule has 1 amide bonds. The van der Waals surface area contributed by atoms with Gasteiger partial charge in [-0.05, 0) is 25.0 Å². The summed E-state index contributed by atoms with van der Waals surface area (Å²) in [6.45, 7) is 0.719. The molecule has 0 aliphatic carbocycles. The number of carbonyl (C=O) groups excluding carboxylic acids is 1. The summed E-state index contributed by atoms with van der Waals surface area (Å²) in [7, 11) is -3.55. The normalized spacial score (nSPS) is 20.6. The molecule has 1 aliphatic rings. The van der Waals surface area contributed by atoms with Crippen LogP contribution in [0, 0.1) is 5.92 Å². The van der Waals surface area contributed by atoms with Crippen LogP contribution in [0.25, 0.3) is 10.9 Å². The van der Waals surface area contributed by atoms with Crippen molar-refractivity contribution in [2.75, 3.05) is 18.8 Å². The summed E-state index contributed by atoms with van der Waals surface area (Å²) in [4.78, 5) is 18.4. The highest BCUT2D eigenvalue weighted by atomic mass is 32.2. The fourth-order valence-electron chi connectivity index (χ4n) is 3.33. The topological polar surface area (TPSA) is 114 Å². The number of rotatable bonds is 6. The van der Waals surface area contributed by atoms with Gasteiger partial charge >= 0.3 is 0 Å². The first-order chi connectivity index (χ1) is 12.3. The molecule has 0 spiro atoms. The Balaban J connectivity index is 1.58. The van der Waals surface area contributed by atoms with Crippen LogP contribution in [0.15, 0.2) is 36.4 Å². The van der Waals surface area contributed by atoms with E-state index in [4.69, 9.17) is 5.14 Å². The van der Waals surface area contributed by atoms with Gasteiger partial charge in [-0.15, -0.1) is 0 Å². The van der Waals surface area contributed by atoms with E-state index in [1.807, 2.05) is 36.4 Å². The Bertz CT molecular complexity index is 900. The van der Waals surface area contributed by atoms with Crippen LogP contribution < -0.4 is 5.14 Å². The summed E-state index contributed by atoms with van der Waals surface area (Å²) in [6, 6.07) is 11.8. The summed E-state index contributed by atoms with van der Waals surface area (Å²) < 4.78 is 21.9. The fourth-order valence-corrected chi connectivity index (χ4v) is 3.88. The van der Waals surface area contributed by atoms with Gasteiger partial charge in [-0.1, -0.05) is 24.3 Å². The van der Waals surface area contributed by atoms with Crippen LogP contribution in [0.1, 0.15) is 18.5 Å². The predicted octanol–water partition coefficient (Wildman–Crippen LogP) is 0.665. The third-order valence-electron chi connectivity index (χ3n) is 4.71. The average Bonchev–Trinajstić information content (AvgIpc) is 2.94. The van der Waals surface area contributed by atoms with Crippen molar-refractivity contribution >= 4 is 26.8 Å². The van der Waals surface area contributed by atoms with Crippen LogP contribution in [0.5, 0.6) is 0 Å². The number of carbonyl (C=O) groups is 1. The van der Waals surface area contributed by atoms with Gasteiger partial charge in [-0.25, -0.2) is 13.6 Å². The highest BCUT2D eigenvalue weighted by molar-refractivity contribution is 7.89. The van der Waals surface area contributed by atoms with Crippen LogP contribution in [0.3, 0.4) is 0 Å². The maximum atomic E-state index is 12.2. The second-order valence-electron chi connectivity index (χ2n) is 6.80. The van der Waals surface area contributed by atoms with Gasteiger partial charge in [0.2, 0.25) is 15.9 Å². The summed E-state index contributed by atoms with van der Waals surface area (Å²) in [6.07, 6.45) is 0.295. The molecule has 0 saturated carbocycles. The Hall–Kier alpha value is -2.03. The minimum Gasteiger partial charge on any atom is -0.391 e. The number of primary sulfonamides is 1. The average molecular weight is 377 g/mol. The van der Waals surface area contributed by atoms with Crippen LogP contribution in [-0.2, 0) is 21.2 Å². The summed E-state index contributed by atoms with van der Waals surface area (Å²) in [5.74, 6) is -0.438. The van der Waals surface area contributed by atoms with Crippen LogP contribution >= 0.6 is 0 Å². The highest BCUT2D eigenvalue weighted by Gasteiger charge is 2.34. The maximum Gasteiger partial charge on any atom is 0.222 e. The Kier molecular flexibility index (Phi) is 5.55. The summed E-state index contributed by atoms with van der Waals surface area (Å²) in [5, 5.41) is 16.3. The molecular formula is C18H23N3O4S. The first-order valence-corrected chi connectivity index (χ1v) is 10.3. The summed E-state index contributed by atoms with van der Waals surface area (Å²) >= 11 is 0. The molecule has 3 rings (SSSR count). The van der Waals surface area contributed by atoms with Gasteiger partial charge in [-0.2, -0.15) is 0 Å². The Morgan fingerprint density at radius 1 is 1.23 bits per heavy atom. The lowest BCUT2D eigenvalue weighted by Crippen LogP contribution is -2.30. The molecule has 0 bridgehead atoms. The molecule has 140 valence electrons. The molecule has 26 heavy (non-hydrogen) atoms. The minimum atomic E-state index is -3.55. The number of pyridine rings is 1. The number of hydrogen-bond acceptors (Lipinski definition) is 5. The number of fused-ring (bicyclic) bond motifs is 1. The standard InChI is InChI=1S/C18H23N3O4S/c19-26(24,25)9-3-6-18(23)21-11-14(17(22)12-21)10-15-8-7-13-4-1-2-5-16(13)20-15/h1-2,4-5,7-8,14,17,22H,3,6,9-12H2,(H2,19,24,25)/t14-,17-/m1/s1. The molecule has 1 saturated heterocycles. The molecule has 8 heteroatoms. The zero-order chi connectivity index (χ0) is 18.7. The second kappa shape index (κ2) is 7.69. The second-order valence-corrected chi connectivity index (χ2v) is 8.53. The smallest absolute Gasteiger partial charge is 0.222 e. The molecule has 2 aromatic rings. The molecule has 2 atom stereocenters. The van der Waals surface area contributed by atoms with Gasteiger partial charge in [-0.3, -0.25) is 9.78 Å². The van der Waals surface area contributed by atoms with E-state index in [0.29, 0.717) is 13.0 Å². The third kappa shape index (κ3) is 4.78. The van der Waals surface area contributed by atoms with Gasteiger partial charge in [0.25, 0.3) is 0 Å². The number of sulfonamides is 1. The molecule has 1 aromatic heterocycles. The number of para-hydroxylation sites is 1. The van der Waals surface area contributed by atoms with E-state index in [1.54, 1.807) is 4.90 Å². The largest absolute Gasteiger partial charge is 0.391 e. The molecule has 3 N–H and O–H groups in total. The third-order valence-corrected chi connectivity index (χ3v) is 5.56. The van der Waals surface area contributed by atoms with E-state index >= 15 is 0 Å². The van der Waals surface area contributed by atoms with Gasteiger partial charge in [0.05, 0.1) is 17.4 Å². The van der Waals surface area contributed by atoms with Crippen LogP contribution in [0.2, 0.25) is 0 Å². The van der Waals surface area contributed by atoms with Crippen LogP contribution in [-0.4, -0.2) is 54.3 Å². The van der Waals surface area contributed by atoms with E-state index in [1.165, 1.54) is 0 Å². The Labute approximate surface area is 152 Å². The van der Waals surface area contributed by atoms with E-state index in [-0.39, 0.29) is 37.0 Å². The monoisotopic (exact) mass is 377 g/mol. The number of aromatic nitrogens is 1. The van der Waals surface area contributed by atoms with Gasteiger partial charge in [0.1, 0.15) is 0 Å². The van der Waals surface area contributed by atoms with E-state index in [9.17, 15) is 18.3 Å². The molecule has 7 nitrogen and oxygen atoms in total. The number of nitrogens with two attached hydrogens (primary N) is 1. The predicted molar refractivity (Wildman–Crippen MR) is 98.7 cm³/mol. The summed E-state index contributed by atoms with van der Waals surface area (Å²) in [5.41, 5.74) is 1.80. The number of amides is 1. The minimum absolute atomic E-state index is 0.0779. The van der Waals surface area contributed by atoms with E-state index < -0.39 is 16.1 Å². The van der Waals surface area contributed by atoms with Crippen molar-refractivity contribution in [2.45, 2.75) is 25.4 Å². The van der Waals surface area contributed by atoms with Crippen molar-refractivity contribution in [3.8, 4) is 0 Å². The fraction of sp³-hybridized carbons (Fsp3) is 0.444. The number of aliphatic hydroxyl groups is 1. The molecular weight excluding hydrogens is 354 g/mol. The molecule has 1 aliphatic heterocycles. The van der Waals surface area contributed by atoms with Gasteiger partial charge in [0.15, 0.2) is 0 Å². The van der Waals surface area contributed by atoms with Crippen LogP contribution in [0.4, 0.5) is 0 Å². The number of nitrogens with zero attached hydrogens (tertiary/aromatic N) is 2. The van der Waals surface area contributed by atoms with Gasteiger partial charge in [0, 0.05) is 36.5 Å². The van der Waals surface area contributed by atoms with Crippen molar-refractivity contribution in [1.29, 1.82) is 0 Å². The van der Waals surface area contributed by atoms with Crippen molar-refractivity contribution in [3.63, 3.8) is 0 Å². The molecule has 1 fully saturated rings. The molecule has 2 heterocycles. The number of benzene rings is 1. The lowest BCUT2D eigenvalue weighted by Gasteiger charge is -2.16. The zero-order valence-corrected chi connectivity index (χ0v) is 15.2. The first kappa shape index (κ1) is 18.8. The number of hydrogen-bond donors (Lipinski definition) is 2. The number of aliphatic hydroxyl groups excluding tert-OH is 1. The highest BCUT2D eigenvalue weighted by Crippen LogP contribution is 2.23. The van der Waals surface area contributed by atoms with E-state index in [2.05, 4.69) is 4.98 Å². The Morgan fingerprint density at radius 3 is 2.77 bits per heavy atom. The molecule has 0 unspecified atom stereocenters.